The monoisotopic (exact) mass is 242 g/mol. The van der Waals surface area contributed by atoms with Gasteiger partial charge in [0.2, 0.25) is 0 Å². The lowest BCUT2D eigenvalue weighted by Crippen LogP contribution is -2.41. The van der Waals surface area contributed by atoms with Crippen LogP contribution in [0.15, 0.2) is 0 Å². The van der Waals surface area contributed by atoms with Crippen LogP contribution in [0.3, 0.4) is 0 Å². The molecule has 0 spiro atoms. The zero-order valence-electron chi connectivity index (χ0n) is 10.5. The molecule has 2 N–H and O–H groups in total. The van der Waals surface area contributed by atoms with Gasteiger partial charge in [-0.15, -0.1) is 0 Å². The number of rotatable bonds is 4. The molecule has 2 nitrogen and oxygen atoms in total. The minimum absolute atomic E-state index is 0.799. The molecule has 2 aliphatic rings. The SMILES string of the molecule is CSC1CCCC(NCC2CCCNC2)C1. The van der Waals surface area contributed by atoms with Crippen LogP contribution in [0, 0.1) is 5.92 Å². The number of thioether (sulfide) groups is 1. The van der Waals surface area contributed by atoms with E-state index in [1.54, 1.807) is 0 Å². The van der Waals surface area contributed by atoms with E-state index in [4.69, 9.17) is 0 Å². The summed E-state index contributed by atoms with van der Waals surface area (Å²) in [5.41, 5.74) is 0. The largest absolute Gasteiger partial charge is 0.316 e. The molecule has 2 rings (SSSR count). The van der Waals surface area contributed by atoms with E-state index in [-0.39, 0.29) is 0 Å². The van der Waals surface area contributed by atoms with Crippen molar-refractivity contribution in [2.75, 3.05) is 25.9 Å². The molecule has 3 atom stereocenters. The first kappa shape index (κ1) is 12.7. The first-order valence-electron chi connectivity index (χ1n) is 6.85. The second kappa shape index (κ2) is 6.87. The van der Waals surface area contributed by atoms with E-state index in [1.807, 2.05) is 0 Å². The molecule has 1 heterocycles. The number of piperidine rings is 1. The summed E-state index contributed by atoms with van der Waals surface area (Å²) in [5.74, 6) is 0.878. The van der Waals surface area contributed by atoms with E-state index >= 15 is 0 Å². The fraction of sp³-hybridized carbons (Fsp3) is 1.00. The predicted molar refractivity (Wildman–Crippen MR) is 73.2 cm³/mol. The van der Waals surface area contributed by atoms with Crippen molar-refractivity contribution in [1.29, 1.82) is 0 Å². The third kappa shape index (κ3) is 3.94. The summed E-state index contributed by atoms with van der Waals surface area (Å²) >= 11 is 2.06. The summed E-state index contributed by atoms with van der Waals surface area (Å²) in [5, 5.41) is 8.21. The van der Waals surface area contributed by atoms with E-state index in [0.29, 0.717) is 0 Å². The molecule has 1 saturated carbocycles. The van der Waals surface area contributed by atoms with Crippen LogP contribution >= 0.6 is 11.8 Å². The zero-order chi connectivity index (χ0) is 11.2. The van der Waals surface area contributed by atoms with E-state index < -0.39 is 0 Å². The Labute approximate surface area is 104 Å². The van der Waals surface area contributed by atoms with Gasteiger partial charge in [-0.25, -0.2) is 0 Å². The summed E-state index contributed by atoms with van der Waals surface area (Å²) in [7, 11) is 0. The normalized spacial score (nSPS) is 36.2. The van der Waals surface area contributed by atoms with Gasteiger partial charge >= 0.3 is 0 Å². The lowest BCUT2D eigenvalue weighted by molar-refractivity contribution is 0.314. The van der Waals surface area contributed by atoms with Crippen LogP contribution in [-0.4, -0.2) is 37.2 Å². The van der Waals surface area contributed by atoms with Crippen molar-refractivity contribution in [1.82, 2.24) is 10.6 Å². The molecule has 0 aromatic rings. The maximum Gasteiger partial charge on any atom is 0.00777 e. The number of hydrogen-bond acceptors (Lipinski definition) is 3. The van der Waals surface area contributed by atoms with Gasteiger partial charge in [0.1, 0.15) is 0 Å². The molecule has 0 aromatic carbocycles. The summed E-state index contributed by atoms with van der Waals surface area (Å²) in [4.78, 5) is 0. The smallest absolute Gasteiger partial charge is 0.00777 e. The molecule has 1 aliphatic carbocycles. The lowest BCUT2D eigenvalue weighted by Gasteiger charge is -2.31. The fourth-order valence-corrected chi connectivity index (χ4v) is 3.80. The quantitative estimate of drug-likeness (QED) is 0.791. The van der Waals surface area contributed by atoms with Crippen LogP contribution in [0.2, 0.25) is 0 Å². The van der Waals surface area contributed by atoms with Crippen molar-refractivity contribution in [3.8, 4) is 0 Å². The standard InChI is InChI=1S/C13H26N2S/c1-16-13-6-2-5-12(8-13)15-10-11-4-3-7-14-9-11/h11-15H,2-10H2,1H3. The lowest BCUT2D eigenvalue weighted by atomic mass is 9.93. The van der Waals surface area contributed by atoms with Crippen molar-refractivity contribution >= 4 is 11.8 Å². The molecule has 3 heteroatoms. The van der Waals surface area contributed by atoms with Crippen molar-refractivity contribution in [2.24, 2.45) is 5.92 Å². The maximum atomic E-state index is 3.80. The minimum Gasteiger partial charge on any atom is -0.316 e. The van der Waals surface area contributed by atoms with Crippen molar-refractivity contribution in [3.63, 3.8) is 0 Å². The van der Waals surface area contributed by atoms with Gasteiger partial charge in [-0.2, -0.15) is 11.8 Å². The molecule has 0 amide bonds. The Balaban J connectivity index is 1.64. The summed E-state index contributed by atoms with van der Waals surface area (Å²) < 4.78 is 0. The first-order chi connectivity index (χ1) is 7.88. The molecular weight excluding hydrogens is 216 g/mol. The first-order valence-corrected chi connectivity index (χ1v) is 8.14. The number of nitrogens with one attached hydrogen (secondary N) is 2. The molecule has 0 radical (unpaired) electrons. The third-order valence-corrected chi connectivity index (χ3v) is 5.15. The van der Waals surface area contributed by atoms with Gasteiger partial charge in [0.15, 0.2) is 0 Å². The topological polar surface area (TPSA) is 24.1 Å². The zero-order valence-corrected chi connectivity index (χ0v) is 11.3. The molecule has 2 fully saturated rings. The van der Waals surface area contributed by atoms with Crippen molar-refractivity contribution in [3.05, 3.63) is 0 Å². The Hall–Kier alpha value is 0.270. The highest BCUT2D eigenvalue weighted by atomic mass is 32.2. The molecule has 3 unspecified atom stereocenters. The van der Waals surface area contributed by atoms with Crippen LogP contribution in [0.5, 0.6) is 0 Å². The van der Waals surface area contributed by atoms with E-state index in [2.05, 4.69) is 28.7 Å². The van der Waals surface area contributed by atoms with Crippen LogP contribution in [0.1, 0.15) is 38.5 Å². The van der Waals surface area contributed by atoms with Gasteiger partial charge in [0.25, 0.3) is 0 Å². The van der Waals surface area contributed by atoms with Crippen LogP contribution in [0.25, 0.3) is 0 Å². The minimum atomic E-state index is 0.799. The Morgan fingerprint density at radius 1 is 1.25 bits per heavy atom. The van der Waals surface area contributed by atoms with Crippen molar-refractivity contribution < 1.29 is 0 Å². The molecule has 94 valence electrons. The average molecular weight is 242 g/mol. The van der Waals surface area contributed by atoms with E-state index in [1.165, 1.54) is 58.2 Å². The van der Waals surface area contributed by atoms with Crippen LogP contribution in [0.4, 0.5) is 0 Å². The molecule has 0 aromatic heterocycles. The molecule has 1 saturated heterocycles. The molecule has 16 heavy (non-hydrogen) atoms. The Morgan fingerprint density at radius 2 is 2.19 bits per heavy atom. The number of hydrogen-bond donors (Lipinski definition) is 2. The van der Waals surface area contributed by atoms with Crippen LogP contribution in [-0.2, 0) is 0 Å². The Kier molecular flexibility index (Phi) is 5.46. The van der Waals surface area contributed by atoms with Gasteiger partial charge < -0.3 is 10.6 Å². The summed E-state index contributed by atoms with van der Waals surface area (Å²) in [6, 6.07) is 0.799. The van der Waals surface area contributed by atoms with Gasteiger partial charge in [0, 0.05) is 11.3 Å². The highest BCUT2D eigenvalue weighted by Crippen LogP contribution is 2.27. The molecule has 0 bridgehead atoms. The maximum absolute atomic E-state index is 3.80. The fourth-order valence-electron chi connectivity index (χ4n) is 2.98. The van der Waals surface area contributed by atoms with Gasteiger partial charge in [-0.05, 0) is 63.9 Å². The third-order valence-electron chi connectivity index (χ3n) is 4.05. The second-order valence-electron chi connectivity index (χ2n) is 5.34. The summed E-state index contributed by atoms with van der Waals surface area (Å²) in [6.45, 7) is 3.69. The highest BCUT2D eigenvalue weighted by molar-refractivity contribution is 7.99. The highest BCUT2D eigenvalue weighted by Gasteiger charge is 2.22. The Morgan fingerprint density at radius 3 is 2.94 bits per heavy atom. The van der Waals surface area contributed by atoms with E-state index in [9.17, 15) is 0 Å². The van der Waals surface area contributed by atoms with Gasteiger partial charge in [0.05, 0.1) is 0 Å². The Bertz CT molecular complexity index is 192. The predicted octanol–water partition coefficient (Wildman–Crippen LogP) is 2.25. The van der Waals surface area contributed by atoms with E-state index in [0.717, 1.165) is 17.2 Å². The molecule has 1 aliphatic heterocycles. The second-order valence-corrected chi connectivity index (χ2v) is 6.48. The van der Waals surface area contributed by atoms with Gasteiger partial charge in [-0.1, -0.05) is 6.42 Å². The van der Waals surface area contributed by atoms with Gasteiger partial charge in [-0.3, -0.25) is 0 Å². The average Bonchev–Trinajstić information content (AvgIpc) is 2.38. The van der Waals surface area contributed by atoms with Crippen molar-refractivity contribution in [2.45, 2.75) is 49.8 Å². The summed E-state index contributed by atoms with van der Waals surface area (Å²) in [6.07, 6.45) is 10.7. The van der Waals surface area contributed by atoms with Crippen LogP contribution < -0.4 is 10.6 Å². The molecular formula is C13H26N2S.